The fourth-order valence-corrected chi connectivity index (χ4v) is 2.03. The van der Waals surface area contributed by atoms with Crippen molar-refractivity contribution < 1.29 is 9.53 Å². The van der Waals surface area contributed by atoms with Crippen LogP contribution >= 0.6 is 0 Å². The zero-order valence-corrected chi connectivity index (χ0v) is 12.0. The minimum Gasteiger partial charge on any atom is -0.372 e. The molecule has 0 aliphatic carbocycles. The van der Waals surface area contributed by atoms with Crippen molar-refractivity contribution >= 4 is 5.91 Å². The van der Waals surface area contributed by atoms with E-state index in [1.165, 1.54) is 64.2 Å². The van der Waals surface area contributed by atoms with Crippen LogP contribution in [0.15, 0.2) is 0 Å². The van der Waals surface area contributed by atoms with E-state index in [0.29, 0.717) is 6.61 Å². The Morgan fingerprint density at radius 1 is 0.833 bits per heavy atom. The molecule has 0 spiro atoms. The van der Waals surface area contributed by atoms with Crippen LogP contribution in [0, 0.1) is 0 Å². The Balaban J connectivity index is 2.92. The molecule has 0 aliphatic heterocycles. The largest absolute Gasteiger partial charge is 0.372 e. The topological polar surface area (TPSA) is 50.1 Å². The maximum absolute atomic E-state index is 10.3. The minimum atomic E-state index is -0.627. The number of carbonyl (C=O) groups excluding carboxylic acids is 1. The first-order valence-corrected chi connectivity index (χ1v) is 7.59. The molecule has 0 aromatic rings. The molecule has 3 heteroatoms. The summed E-state index contributed by atoms with van der Waals surface area (Å²) in [7, 11) is 0. The Morgan fingerprint density at radius 2 is 1.28 bits per heavy atom. The van der Waals surface area contributed by atoms with E-state index in [9.17, 15) is 4.79 Å². The molecule has 0 rings (SSSR count). The third-order valence-corrected chi connectivity index (χ3v) is 3.13. The van der Waals surface area contributed by atoms with Gasteiger partial charge in [0.05, 0.1) is 0 Å². The van der Waals surface area contributed by atoms with Crippen LogP contribution in [0.1, 0.15) is 77.6 Å². The highest BCUT2D eigenvalue weighted by atomic mass is 16.5. The maximum Gasteiger partial charge on any atom is 0.264 e. The minimum absolute atomic E-state index is 0.0439. The molecule has 0 fully saturated rings. The van der Waals surface area contributed by atoms with Crippen LogP contribution in [0.3, 0.4) is 0 Å². The summed E-state index contributed by atoms with van der Waals surface area (Å²) >= 11 is 0. The van der Waals surface area contributed by atoms with E-state index in [1.807, 2.05) is 0 Å². The molecular weight excluding hydrogens is 226 g/mol. The Labute approximate surface area is 112 Å². The summed E-state index contributed by atoms with van der Waals surface area (Å²) in [5, 5.41) is 0. The number of carbonyl (C=O) groups is 1. The molecule has 1 amide bonds. The van der Waals surface area contributed by atoms with E-state index in [2.05, 4.69) is 6.92 Å². The molecule has 0 heterocycles. The van der Waals surface area contributed by atoms with Crippen molar-refractivity contribution in [3.63, 3.8) is 0 Å². The average molecular weight is 256 g/mol. The molecule has 0 aliphatic rings. The molecule has 0 aromatic heterocycles. The highest BCUT2D eigenvalue weighted by Crippen LogP contribution is 2.11. The Kier molecular flexibility index (Phi) is 14.0. The second-order valence-electron chi connectivity index (χ2n) is 5.01. The van der Waals surface area contributed by atoms with Crippen molar-refractivity contribution in [3.8, 4) is 0 Å². The van der Waals surface area contributed by atoms with Gasteiger partial charge in [-0.2, -0.15) is 0 Å². The molecule has 0 saturated heterocycles. The van der Waals surface area contributed by atoms with E-state index in [4.69, 9.17) is 10.5 Å². The number of rotatable bonds is 14. The van der Waals surface area contributed by atoms with Crippen LogP contribution < -0.4 is 5.73 Å². The molecule has 0 aromatic carbocycles. The second kappa shape index (κ2) is 14.5. The fourth-order valence-electron chi connectivity index (χ4n) is 2.03. The van der Waals surface area contributed by atoms with Crippen molar-refractivity contribution in [2.75, 3.05) is 13.2 Å². The highest BCUT2D eigenvalue weighted by molar-refractivity contribution is 5.74. The molecule has 3 nitrogen and oxygen atoms in total. The van der Waals surface area contributed by atoms with Gasteiger partial charge >= 0.3 is 0 Å². The molecular formula is C15H30NO2. The first kappa shape index (κ1) is 17.4. The molecule has 1 N–H and O–H groups in total. The van der Waals surface area contributed by atoms with Gasteiger partial charge in [-0.05, 0) is 6.42 Å². The molecule has 0 unspecified atom stereocenters. The van der Waals surface area contributed by atoms with Crippen molar-refractivity contribution in [1.29, 1.82) is 0 Å². The number of unbranched alkanes of at least 4 members (excludes halogenated alkanes) is 10. The fraction of sp³-hybridized carbons (Fsp3) is 0.933. The normalized spacial score (nSPS) is 10.7. The van der Waals surface area contributed by atoms with E-state index in [1.54, 1.807) is 0 Å². The number of hydrogen-bond acceptors (Lipinski definition) is 2. The van der Waals surface area contributed by atoms with E-state index in [0.717, 1.165) is 6.42 Å². The Morgan fingerprint density at radius 3 is 1.72 bits per heavy atom. The lowest BCUT2D eigenvalue weighted by atomic mass is 10.1. The first-order valence-electron chi connectivity index (χ1n) is 7.59. The highest BCUT2D eigenvalue weighted by Gasteiger charge is 1.95. The van der Waals surface area contributed by atoms with Gasteiger partial charge < -0.3 is 4.74 Å². The zero-order chi connectivity index (χ0) is 13.5. The van der Waals surface area contributed by atoms with Gasteiger partial charge in [0.2, 0.25) is 0 Å². The van der Waals surface area contributed by atoms with Crippen molar-refractivity contribution in [2.24, 2.45) is 0 Å². The summed E-state index contributed by atoms with van der Waals surface area (Å²) in [6.07, 6.45) is 14.5. The number of hydrogen-bond donors (Lipinski definition) is 0. The van der Waals surface area contributed by atoms with Crippen LogP contribution in [-0.2, 0) is 9.53 Å². The monoisotopic (exact) mass is 256 g/mol. The maximum atomic E-state index is 10.3. The summed E-state index contributed by atoms with van der Waals surface area (Å²) in [6.45, 7) is 2.84. The lowest BCUT2D eigenvalue weighted by Gasteiger charge is -2.03. The summed E-state index contributed by atoms with van der Waals surface area (Å²) in [6, 6.07) is 0. The quantitative estimate of drug-likeness (QED) is 0.439. The number of nitrogens with one attached hydrogen (secondary N) is 1. The van der Waals surface area contributed by atoms with Crippen LogP contribution in [0.4, 0.5) is 0 Å². The summed E-state index contributed by atoms with van der Waals surface area (Å²) < 4.78 is 5.04. The van der Waals surface area contributed by atoms with E-state index in [-0.39, 0.29) is 6.61 Å². The lowest BCUT2D eigenvalue weighted by Crippen LogP contribution is -2.09. The molecule has 18 heavy (non-hydrogen) atoms. The molecule has 0 atom stereocenters. The summed E-state index contributed by atoms with van der Waals surface area (Å²) in [4.78, 5) is 10.3. The third-order valence-electron chi connectivity index (χ3n) is 3.13. The molecule has 0 saturated carbocycles. The summed E-state index contributed by atoms with van der Waals surface area (Å²) in [5.74, 6) is -0.627. The predicted octanol–water partition coefficient (Wildman–Crippen LogP) is 4.12. The van der Waals surface area contributed by atoms with Crippen molar-refractivity contribution in [2.45, 2.75) is 77.6 Å². The third kappa shape index (κ3) is 15.4. The van der Waals surface area contributed by atoms with Crippen LogP contribution in [0.5, 0.6) is 0 Å². The van der Waals surface area contributed by atoms with Gasteiger partial charge in [0, 0.05) is 6.61 Å². The van der Waals surface area contributed by atoms with Gasteiger partial charge in [-0.1, -0.05) is 71.1 Å². The Bertz CT molecular complexity index is 183. The Hall–Kier alpha value is -0.570. The van der Waals surface area contributed by atoms with Crippen LogP contribution in [0.25, 0.3) is 0 Å². The standard InChI is InChI=1S/C15H30NO2/c1-2-3-4-5-6-7-8-9-10-11-12-13-18-14-15(16)17/h16H,2-14H2,1H3. The zero-order valence-electron chi connectivity index (χ0n) is 12.0. The molecule has 107 valence electrons. The van der Waals surface area contributed by atoms with E-state index < -0.39 is 5.91 Å². The van der Waals surface area contributed by atoms with Gasteiger partial charge in [0.1, 0.15) is 6.61 Å². The first-order chi connectivity index (χ1) is 8.77. The number of amides is 1. The van der Waals surface area contributed by atoms with Gasteiger partial charge in [-0.3, -0.25) is 10.5 Å². The smallest absolute Gasteiger partial charge is 0.264 e. The average Bonchev–Trinajstić information content (AvgIpc) is 2.34. The predicted molar refractivity (Wildman–Crippen MR) is 75.4 cm³/mol. The summed E-state index contributed by atoms with van der Waals surface area (Å²) in [5.41, 5.74) is 6.67. The lowest BCUT2D eigenvalue weighted by molar-refractivity contribution is -0.123. The van der Waals surface area contributed by atoms with Crippen molar-refractivity contribution in [1.82, 2.24) is 5.73 Å². The van der Waals surface area contributed by atoms with Gasteiger partial charge in [0.15, 0.2) is 0 Å². The van der Waals surface area contributed by atoms with Gasteiger partial charge in [-0.15, -0.1) is 0 Å². The van der Waals surface area contributed by atoms with Crippen LogP contribution in [0.2, 0.25) is 0 Å². The number of ether oxygens (including phenoxy) is 1. The van der Waals surface area contributed by atoms with Crippen LogP contribution in [-0.4, -0.2) is 19.1 Å². The van der Waals surface area contributed by atoms with Gasteiger partial charge in [-0.25, -0.2) is 0 Å². The second-order valence-corrected chi connectivity index (χ2v) is 5.01. The van der Waals surface area contributed by atoms with E-state index >= 15 is 0 Å². The molecule has 0 bridgehead atoms. The SMILES string of the molecule is CCCCCCCCCCCCCOCC([NH])=O. The van der Waals surface area contributed by atoms with Gasteiger partial charge in [0.25, 0.3) is 5.91 Å². The van der Waals surface area contributed by atoms with Crippen molar-refractivity contribution in [3.05, 3.63) is 0 Å². The molecule has 1 radical (unpaired) electrons.